The minimum Gasteiger partial charge on any atom is -0.477 e. The van der Waals surface area contributed by atoms with Gasteiger partial charge in [0.05, 0.1) is 24.5 Å². The van der Waals surface area contributed by atoms with Crippen LogP contribution >= 0.6 is 0 Å². The van der Waals surface area contributed by atoms with Crippen LogP contribution in [0.1, 0.15) is 12.5 Å². The van der Waals surface area contributed by atoms with Crippen LogP contribution in [0.15, 0.2) is 54.6 Å². The van der Waals surface area contributed by atoms with E-state index in [-0.39, 0.29) is 24.7 Å². The predicted octanol–water partition coefficient (Wildman–Crippen LogP) is 1.42. The van der Waals surface area contributed by atoms with Crippen LogP contribution in [0.3, 0.4) is 0 Å². The predicted molar refractivity (Wildman–Crippen MR) is 118 cm³/mol. The molecular formula is C22H27N3O5S. The third-order valence-electron chi connectivity index (χ3n) is 5.12. The van der Waals surface area contributed by atoms with Gasteiger partial charge in [0, 0.05) is 13.6 Å². The van der Waals surface area contributed by atoms with Gasteiger partial charge >= 0.3 is 0 Å². The van der Waals surface area contributed by atoms with E-state index in [0.29, 0.717) is 24.4 Å². The highest BCUT2D eigenvalue weighted by Gasteiger charge is 2.34. The zero-order chi connectivity index (χ0) is 22.4. The molecule has 0 radical (unpaired) electrons. The summed E-state index contributed by atoms with van der Waals surface area (Å²) >= 11 is 0. The van der Waals surface area contributed by atoms with Crippen LogP contribution in [0.5, 0.6) is 5.75 Å². The van der Waals surface area contributed by atoms with Gasteiger partial charge in [0.25, 0.3) is 5.91 Å². The number of carbonyl (C=O) groups is 2. The molecule has 8 nitrogen and oxygen atoms in total. The Balaban J connectivity index is 1.69. The first-order valence-corrected chi connectivity index (χ1v) is 11.7. The zero-order valence-corrected chi connectivity index (χ0v) is 18.5. The molecule has 2 aromatic carbocycles. The van der Waals surface area contributed by atoms with E-state index < -0.39 is 22.0 Å². The van der Waals surface area contributed by atoms with Crippen molar-refractivity contribution in [3.8, 4) is 5.75 Å². The molecule has 1 unspecified atom stereocenters. The molecule has 31 heavy (non-hydrogen) atoms. The number of sulfonamides is 1. The maximum atomic E-state index is 12.9. The standard InChI is InChI=1S/C22H27N3O5S/c1-3-31(28,29)24(2)16-21(26)25-15-20(30-19-12-8-7-11-18(19)25)22(27)23-14-13-17-9-5-4-6-10-17/h4-12,20H,3,13-16H2,1-2H3,(H,23,27). The van der Waals surface area contributed by atoms with Gasteiger partial charge in [-0.25, -0.2) is 8.42 Å². The summed E-state index contributed by atoms with van der Waals surface area (Å²) in [4.78, 5) is 27.1. The summed E-state index contributed by atoms with van der Waals surface area (Å²) in [6.45, 7) is 1.66. The number of hydrogen-bond acceptors (Lipinski definition) is 5. The van der Waals surface area contributed by atoms with E-state index in [2.05, 4.69) is 5.32 Å². The van der Waals surface area contributed by atoms with Gasteiger partial charge in [-0.05, 0) is 31.0 Å². The van der Waals surface area contributed by atoms with E-state index in [9.17, 15) is 18.0 Å². The fraction of sp³-hybridized carbons (Fsp3) is 0.364. The molecule has 0 fully saturated rings. The summed E-state index contributed by atoms with van der Waals surface area (Å²) < 4.78 is 30.9. The molecule has 2 amide bonds. The first kappa shape index (κ1) is 22.8. The van der Waals surface area contributed by atoms with E-state index in [1.54, 1.807) is 24.3 Å². The van der Waals surface area contributed by atoms with E-state index in [1.165, 1.54) is 18.9 Å². The number of rotatable bonds is 8. The van der Waals surface area contributed by atoms with Crippen LogP contribution in [0.2, 0.25) is 0 Å². The maximum absolute atomic E-state index is 12.9. The molecule has 1 aliphatic heterocycles. The second-order valence-electron chi connectivity index (χ2n) is 7.26. The molecule has 2 aromatic rings. The van der Waals surface area contributed by atoms with Gasteiger partial charge in [0.2, 0.25) is 15.9 Å². The number of benzene rings is 2. The number of hydrogen-bond donors (Lipinski definition) is 1. The van der Waals surface area contributed by atoms with Gasteiger partial charge in [-0.2, -0.15) is 4.31 Å². The lowest BCUT2D eigenvalue weighted by Crippen LogP contribution is -2.53. The van der Waals surface area contributed by atoms with Gasteiger partial charge in [-0.3, -0.25) is 9.59 Å². The first-order chi connectivity index (χ1) is 14.8. The SMILES string of the molecule is CCS(=O)(=O)N(C)CC(=O)N1CC(C(=O)NCCc2ccccc2)Oc2ccccc21. The van der Waals surface area contributed by atoms with Crippen LogP contribution in [-0.4, -0.2) is 63.1 Å². The Hall–Kier alpha value is -2.91. The van der Waals surface area contributed by atoms with Crippen LogP contribution in [0.25, 0.3) is 0 Å². The Bertz CT molecular complexity index is 1030. The van der Waals surface area contributed by atoms with E-state index in [1.807, 2.05) is 30.3 Å². The molecule has 166 valence electrons. The van der Waals surface area contributed by atoms with Gasteiger partial charge in [0.15, 0.2) is 6.10 Å². The van der Waals surface area contributed by atoms with Crippen LogP contribution in [-0.2, 0) is 26.0 Å². The number of carbonyl (C=O) groups excluding carboxylic acids is 2. The highest BCUT2D eigenvalue weighted by atomic mass is 32.2. The Morgan fingerprint density at radius 1 is 1.13 bits per heavy atom. The molecule has 0 saturated heterocycles. The smallest absolute Gasteiger partial charge is 0.262 e. The van der Waals surface area contributed by atoms with Crippen molar-refractivity contribution in [3.05, 3.63) is 60.2 Å². The highest BCUT2D eigenvalue weighted by molar-refractivity contribution is 7.89. The van der Waals surface area contributed by atoms with Crippen molar-refractivity contribution in [2.75, 3.05) is 37.3 Å². The highest BCUT2D eigenvalue weighted by Crippen LogP contribution is 2.33. The van der Waals surface area contributed by atoms with E-state index in [0.717, 1.165) is 9.87 Å². The number of likely N-dealkylation sites (N-methyl/N-ethyl adjacent to an activating group) is 1. The number of ether oxygens (including phenoxy) is 1. The molecular weight excluding hydrogens is 418 g/mol. The van der Waals surface area contributed by atoms with E-state index >= 15 is 0 Å². The molecule has 9 heteroatoms. The molecule has 0 spiro atoms. The fourth-order valence-corrected chi connectivity index (χ4v) is 4.04. The molecule has 1 heterocycles. The largest absolute Gasteiger partial charge is 0.477 e. The van der Waals surface area contributed by atoms with Gasteiger partial charge in [-0.1, -0.05) is 42.5 Å². The number of amides is 2. The summed E-state index contributed by atoms with van der Waals surface area (Å²) in [5, 5.41) is 2.86. The topological polar surface area (TPSA) is 96.0 Å². The number of nitrogens with one attached hydrogen (secondary N) is 1. The van der Waals surface area contributed by atoms with Crippen molar-refractivity contribution in [1.82, 2.24) is 9.62 Å². The molecule has 1 atom stereocenters. The molecule has 1 N–H and O–H groups in total. The minimum absolute atomic E-state index is 0.00697. The average molecular weight is 446 g/mol. The number of nitrogens with zero attached hydrogens (tertiary/aromatic N) is 2. The Morgan fingerprint density at radius 2 is 1.81 bits per heavy atom. The average Bonchev–Trinajstić information content (AvgIpc) is 2.78. The van der Waals surface area contributed by atoms with Crippen molar-refractivity contribution >= 4 is 27.5 Å². The summed E-state index contributed by atoms with van der Waals surface area (Å²) in [5.41, 5.74) is 1.62. The van der Waals surface area contributed by atoms with Gasteiger partial charge < -0.3 is 15.0 Å². The second kappa shape index (κ2) is 9.93. The molecule has 0 aliphatic carbocycles. The van der Waals surface area contributed by atoms with Crippen molar-refractivity contribution in [1.29, 1.82) is 0 Å². The van der Waals surface area contributed by atoms with Crippen molar-refractivity contribution in [2.24, 2.45) is 0 Å². The van der Waals surface area contributed by atoms with Crippen molar-refractivity contribution < 1.29 is 22.7 Å². The molecule has 0 aromatic heterocycles. The van der Waals surface area contributed by atoms with Crippen LogP contribution in [0, 0.1) is 0 Å². The number of para-hydroxylation sites is 2. The number of anilines is 1. The summed E-state index contributed by atoms with van der Waals surface area (Å²) in [6, 6.07) is 16.7. The lowest BCUT2D eigenvalue weighted by Gasteiger charge is -2.34. The quantitative estimate of drug-likeness (QED) is 0.663. The molecule has 3 rings (SSSR count). The molecule has 0 saturated carbocycles. The second-order valence-corrected chi connectivity index (χ2v) is 9.63. The summed E-state index contributed by atoms with van der Waals surface area (Å²) in [5.74, 6) is -0.426. The van der Waals surface area contributed by atoms with Gasteiger partial charge in [0.1, 0.15) is 5.75 Å². The third kappa shape index (κ3) is 5.62. The minimum atomic E-state index is -3.50. The van der Waals surface area contributed by atoms with Crippen LogP contribution in [0.4, 0.5) is 5.69 Å². The van der Waals surface area contributed by atoms with Gasteiger partial charge in [-0.15, -0.1) is 0 Å². The normalized spacial score (nSPS) is 15.8. The van der Waals surface area contributed by atoms with E-state index in [4.69, 9.17) is 4.74 Å². The Labute approximate surface area is 182 Å². The molecule has 1 aliphatic rings. The maximum Gasteiger partial charge on any atom is 0.262 e. The van der Waals surface area contributed by atoms with Crippen molar-refractivity contribution in [2.45, 2.75) is 19.4 Å². The molecule has 0 bridgehead atoms. The first-order valence-electron chi connectivity index (χ1n) is 10.1. The lowest BCUT2D eigenvalue weighted by molar-refractivity contribution is -0.128. The monoisotopic (exact) mass is 445 g/mol. The van der Waals surface area contributed by atoms with Crippen molar-refractivity contribution in [3.63, 3.8) is 0 Å². The summed E-state index contributed by atoms with van der Waals surface area (Å²) in [6.07, 6.45) is -0.208. The lowest BCUT2D eigenvalue weighted by atomic mass is 10.1. The fourth-order valence-electron chi connectivity index (χ4n) is 3.29. The summed E-state index contributed by atoms with van der Waals surface area (Å²) in [7, 11) is -2.13. The Kier molecular flexibility index (Phi) is 7.29. The third-order valence-corrected chi connectivity index (χ3v) is 6.93. The number of fused-ring (bicyclic) bond motifs is 1. The Morgan fingerprint density at radius 3 is 2.52 bits per heavy atom. The zero-order valence-electron chi connectivity index (χ0n) is 17.7. The van der Waals surface area contributed by atoms with Crippen LogP contribution < -0.4 is 15.0 Å².